The Balaban J connectivity index is 0.00000242. The van der Waals surface area contributed by atoms with Crippen molar-refractivity contribution in [3.8, 4) is 0 Å². The zero-order chi connectivity index (χ0) is 15.1. The summed E-state index contributed by atoms with van der Waals surface area (Å²) >= 11 is 1.73. The van der Waals surface area contributed by atoms with Crippen LogP contribution in [0.15, 0.2) is 11.2 Å². The number of hydrogen-bond donors (Lipinski definition) is 1. The maximum Gasteiger partial charge on any atom is 0.193 e. The molecule has 0 aliphatic carbocycles. The first-order chi connectivity index (χ1) is 10.2. The van der Waals surface area contributed by atoms with Gasteiger partial charge in [-0.15, -0.1) is 35.3 Å². The van der Waals surface area contributed by atoms with E-state index in [9.17, 15) is 0 Å². The molecule has 0 aromatic carbocycles. The number of ether oxygens (including phenoxy) is 1. The predicted octanol–water partition coefficient (Wildman–Crippen LogP) is 2.89. The number of halogens is 1. The first kappa shape index (κ1) is 19.6. The summed E-state index contributed by atoms with van der Waals surface area (Å²) in [6.07, 6.45) is 5.51. The maximum atomic E-state index is 5.41. The highest BCUT2D eigenvalue weighted by Gasteiger charge is 2.15. The van der Waals surface area contributed by atoms with Gasteiger partial charge in [-0.2, -0.15) is 0 Å². The number of nitrogens with one attached hydrogen (secondary N) is 1. The summed E-state index contributed by atoms with van der Waals surface area (Å²) in [7, 11) is 3.93. The zero-order valence-corrected chi connectivity index (χ0v) is 16.8. The molecule has 126 valence electrons. The minimum Gasteiger partial charge on any atom is -0.381 e. The van der Waals surface area contributed by atoms with Crippen molar-refractivity contribution in [3.05, 3.63) is 16.1 Å². The van der Waals surface area contributed by atoms with Crippen LogP contribution in [0, 0.1) is 12.8 Å². The molecule has 22 heavy (non-hydrogen) atoms. The molecule has 1 N–H and O–H groups in total. The first-order valence-corrected chi connectivity index (χ1v) is 8.41. The van der Waals surface area contributed by atoms with Gasteiger partial charge in [0.05, 0.1) is 6.54 Å². The standard InChI is InChI=1S/C15H26N4OS.HI/c1-12-10-17-14(21-12)11-18-15(16-2)19(3)7-4-13-5-8-20-9-6-13;/h10,13H,4-9,11H2,1-3H3,(H,16,18);1H. The van der Waals surface area contributed by atoms with Gasteiger partial charge in [0.25, 0.3) is 0 Å². The Morgan fingerprint density at radius 3 is 2.82 bits per heavy atom. The normalized spacial score (nSPS) is 16.2. The van der Waals surface area contributed by atoms with E-state index in [-0.39, 0.29) is 24.0 Å². The van der Waals surface area contributed by atoms with E-state index in [1.807, 2.05) is 13.2 Å². The molecule has 2 rings (SSSR count). The molecule has 0 spiro atoms. The zero-order valence-electron chi connectivity index (χ0n) is 13.7. The van der Waals surface area contributed by atoms with Gasteiger partial charge < -0.3 is 15.0 Å². The van der Waals surface area contributed by atoms with Gasteiger partial charge >= 0.3 is 0 Å². The molecular formula is C15H27IN4OS. The van der Waals surface area contributed by atoms with Crippen LogP contribution in [0.3, 0.4) is 0 Å². The lowest BCUT2D eigenvalue weighted by molar-refractivity contribution is 0.0625. The molecule has 5 nitrogen and oxygen atoms in total. The monoisotopic (exact) mass is 438 g/mol. The molecule has 0 bridgehead atoms. The van der Waals surface area contributed by atoms with Crippen molar-refractivity contribution >= 4 is 41.3 Å². The van der Waals surface area contributed by atoms with Crippen LogP contribution < -0.4 is 5.32 Å². The van der Waals surface area contributed by atoms with E-state index in [1.54, 1.807) is 11.3 Å². The Bertz CT molecular complexity index is 460. The minimum absolute atomic E-state index is 0. The lowest BCUT2D eigenvalue weighted by atomic mass is 9.96. The molecule has 0 unspecified atom stereocenters. The van der Waals surface area contributed by atoms with E-state index < -0.39 is 0 Å². The molecule has 1 aromatic rings. The lowest BCUT2D eigenvalue weighted by Crippen LogP contribution is -2.39. The van der Waals surface area contributed by atoms with E-state index in [2.05, 4.69) is 34.2 Å². The highest BCUT2D eigenvalue weighted by molar-refractivity contribution is 14.0. The number of nitrogens with zero attached hydrogens (tertiary/aromatic N) is 3. The average Bonchev–Trinajstić information content (AvgIpc) is 2.92. The van der Waals surface area contributed by atoms with Crippen molar-refractivity contribution < 1.29 is 4.74 Å². The SMILES string of the molecule is CN=C(NCc1ncc(C)s1)N(C)CCC1CCOCC1.I. The Labute approximate surface area is 154 Å². The highest BCUT2D eigenvalue weighted by Crippen LogP contribution is 2.18. The Morgan fingerprint density at radius 2 is 2.23 bits per heavy atom. The molecule has 0 amide bonds. The molecule has 1 aliphatic heterocycles. The van der Waals surface area contributed by atoms with Crippen LogP contribution in [0.2, 0.25) is 0 Å². The van der Waals surface area contributed by atoms with Gasteiger partial charge in [-0.3, -0.25) is 4.99 Å². The Hall–Kier alpha value is -0.410. The van der Waals surface area contributed by atoms with Gasteiger partial charge in [-0.1, -0.05) is 0 Å². The van der Waals surface area contributed by atoms with E-state index in [4.69, 9.17) is 4.74 Å². The quantitative estimate of drug-likeness (QED) is 0.437. The summed E-state index contributed by atoms with van der Waals surface area (Å²) in [5.41, 5.74) is 0. The van der Waals surface area contributed by atoms with Crippen molar-refractivity contribution in [3.63, 3.8) is 0 Å². The fourth-order valence-corrected chi connectivity index (χ4v) is 3.27. The summed E-state index contributed by atoms with van der Waals surface area (Å²) in [5, 5.41) is 4.49. The van der Waals surface area contributed by atoms with Crippen molar-refractivity contribution in [2.75, 3.05) is 33.9 Å². The first-order valence-electron chi connectivity index (χ1n) is 7.60. The fraction of sp³-hybridized carbons (Fsp3) is 0.733. The molecule has 2 heterocycles. The molecule has 0 atom stereocenters. The van der Waals surface area contributed by atoms with Crippen molar-refractivity contribution in [1.82, 2.24) is 15.2 Å². The van der Waals surface area contributed by atoms with Gasteiger partial charge in [0.2, 0.25) is 0 Å². The third kappa shape index (κ3) is 6.37. The second-order valence-corrected chi connectivity index (χ2v) is 6.85. The molecule has 0 radical (unpaired) electrons. The number of aryl methyl sites for hydroxylation is 1. The molecule has 1 aliphatic rings. The van der Waals surface area contributed by atoms with Gasteiger partial charge in [0, 0.05) is 44.9 Å². The largest absolute Gasteiger partial charge is 0.381 e. The van der Waals surface area contributed by atoms with Crippen LogP contribution >= 0.6 is 35.3 Å². The number of rotatable bonds is 5. The van der Waals surface area contributed by atoms with Crippen LogP contribution in [-0.2, 0) is 11.3 Å². The van der Waals surface area contributed by atoms with Crippen LogP contribution in [0.25, 0.3) is 0 Å². The summed E-state index contributed by atoms with van der Waals surface area (Å²) in [4.78, 5) is 12.2. The third-order valence-electron chi connectivity index (χ3n) is 3.85. The van der Waals surface area contributed by atoms with Crippen molar-refractivity contribution in [2.24, 2.45) is 10.9 Å². The molecule has 1 saturated heterocycles. The van der Waals surface area contributed by atoms with E-state index >= 15 is 0 Å². The minimum atomic E-state index is 0. The van der Waals surface area contributed by atoms with Crippen LogP contribution in [-0.4, -0.2) is 49.7 Å². The summed E-state index contributed by atoms with van der Waals surface area (Å²) in [5.74, 6) is 1.73. The topological polar surface area (TPSA) is 49.8 Å². The number of guanidine groups is 1. The molecule has 7 heteroatoms. The molecule has 0 saturated carbocycles. The Morgan fingerprint density at radius 1 is 1.50 bits per heavy atom. The maximum absolute atomic E-state index is 5.41. The van der Waals surface area contributed by atoms with Crippen LogP contribution in [0.4, 0.5) is 0 Å². The number of thiazole rings is 1. The molecular weight excluding hydrogens is 411 g/mol. The van der Waals surface area contributed by atoms with E-state index in [1.165, 1.54) is 24.1 Å². The van der Waals surface area contributed by atoms with Gasteiger partial charge in [0.15, 0.2) is 5.96 Å². The van der Waals surface area contributed by atoms with Crippen LogP contribution in [0.1, 0.15) is 29.1 Å². The third-order valence-corrected chi connectivity index (χ3v) is 4.77. The second-order valence-electron chi connectivity index (χ2n) is 5.53. The van der Waals surface area contributed by atoms with Crippen LogP contribution in [0.5, 0.6) is 0 Å². The van der Waals surface area contributed by atoms with E-state index in [0.29, 0.717) is 0 Å². The summed E-state index contributed by atoms with van der Waals surface area (Å²) < 4.78 is 5.41. The van der Waals surface area contributed by atoms with Gasteiger partial charge in [-0.05, 0) is 32.1 Å². The second kappa shape index (κ2) is 10.4. The van der Waals surface area contributed by atoms with E-state index in [0.717, 1.165) is 43.2 Å². The smallest absolute Gasteiger partial charge is 0.193 e. The van der Waals surface area contributed by atoms with Crippen molar-refractivity contribution in [1.29, 1.82) is 0 Å². The van der Waals surface area contributed by atoms with Gasteiger partial charge in [0.1, 0.15) is 5.01 Å². The summed E-state index contributed by atoms with van der Waals surface area (Å²) in [6.45, 7) is 5.69. The number of hydrogen-bond acceptors (Lipinski definition) is 4. The lowest BCUT2D eigenvalue weighted by Gasteiger charge is -2.26. The van der Waals surface area contributed by atoms with Gasteiger partial charge in [-0.25, -0.2) is 4.98 Å². The predicted molar refractivity (Wildman–Crippen MR) is 103 cm³/mol. The van der Waals surface area contributed by atoms with Crippen molar-refractivity contribution in [2.45, 2.75) is 32.7 Å². The molecule has 1 fully saturated rings. The average molecular weight is 438 g/mol. The fourth-order valence-electron chi connectivity index (χ4n) is 2.54. The number of aliphatic imine (C=N–C) groups is 1. The molecule has 1 aromatic heterocycles. The Kier molecular flexibility index (Phi) is 9.27. The highest BCUT2D eigenvalue weighted by atomic mass is 127. The summed E-state index contributed by atoms with van der Waals surface area (Å²) in [6, 6.07) is 0. The number of aromatic nitrogens is 1.